The number of benzene rings is 2. The number of esters is 1. The molecule has 0 spiro atoms. The number of carbonyl (C=O) groups excluding carboxylic acids is 1. The molecule has 1 heterocycles. The van der Waals surface area contributed by atoms with Crippen LogP contribution in [0.3, 0.4) is 0 Å². The van der Waals surface area contributed by atoms with E-state index < -0.39 is 79.4 Å². The van der Waals surface area contributed by atoms with Crippen LogP contribution in [-0.2, 0) is 30.2 Å². The van der Waals surface area contributed by atoms with Gasteiger partial charge >= 0.3 is 5.97 Å². The molecule has 1 aliphatic carbocycles. The highest BCUT2D eigenvalue weighted by Gasteiger charge is 2.51. The van der Waals surface area contributed by atoms with Crippen LogP contribution in [0.25, 0.3) is 6.08 Å². The normalized spacial score (nSPS) is 32.5. The number of hydrogen-bond donors (Lipinski definition) is 9. The highest BCUT2D eigenvalue weighted by molar-refractivity contribution is 5.87. The van der Waals surface area contributed by atoms with Crippen molar-refractivity contribution in [2.75, 3.05) is 13.2 Å². The molecular weight excluding hydrogens is 584 g/mol. The van der Waals surface area contributed by atoms with Gasteiger partial charge in [0.2, 0.25) is 0 Å². The second-order valence-electron chi connectivity index (χ2n) is 11.0. The molecule has 9 N–H and O–H groups in total. The molecule has 1 saturated carbocycles. The molecule has 14 nitrogen and oxygen atoms in total. The molecular formula is C30H38O14. The van der Waals surface area contributed by atoms with Crippen LogP contribution in [0.2, 0.25) is 0 Å². The first-order chi connectivity index (χ1) is 20.9. The Morgan fingerprint density at radius 1 is 0.886 bits per heavy atom. The Balaban J connectivity index is 1.52. The zero-order valence-corrected chi connectivity index (χ0v) is 23.8. The summed E-state index contributed by atoms with van der Waals surface area (Å²) in [5.74, 6) is -2.80. The molecule has 10 atom stereocenters. The van der Waals surface area contributed by atoms with E-state index in [0.29, 0.717) is 11.1 Å². The molecule has 14 heteroatoms. The molecule has 0 aromatic heterocycles. The van der Waals surface area contributed by atoms with Crippen molar-refractivity contribution in [1.29, 1.82) is 0 Å². The molecule has 4 rings (SSSR count). The average molecular weight is 623 g/mol. The first-order valence-electron chi connectivity index (χ1n) is 14.1. The van der Waals surface area contributed by atoms with Crippen molar-refractivity contribution in [3.8, 4) is 23.0 Å². The minimum atomic E-state index is -1.63. The third-order valence-electron chi connectivity index (χ3n) is 7.77. The van der Waals surface area contributed by atoms with Crippen molar-refractivity contribution in [1.82, 2.24) is 0 Å². The van der Waals surface area contributed by atoms with Gasteiger partial charge in [-0.05, 0) is 60.2 Å². The number of hydrogen-bond acceptors (Lipinski definition) is 14. The van der Waals surface area contributed by atoms with Gasteiger partial charge in [0.05, 0.1) is 25.4 Å². The highest BCUT2D eigenvalue weighted by atomic mass is 16.7. The first-order valence-corrected chi connectivity index (χ1v) is 14.1. The monoisotopic (exact) mass is 622 g/mol. The number of aromatic hydroxyl groups is 4. The number of rotatable bonds is 10. The molecule has 0 bridgehead atoms. The van der Waals surface area contributed by atoms with E-state index in [1.807, 2.05) is 0 Å². The van der Waals surface area contributed by atoms with E-state index >= 15 is 0 Å². The van der Waals surface area contributed by atoms with E-state index in [1.54, 1.807) is 13.0 Å². The van der Waals surface area contributed by atoms with E-state index in [1.165, 1.54) is 36.4 Å². The minimum absolute atomic E-state index is 0.0442. The highest BCUT2D eigenvalue weighted by Crippen LogP contribution is 2.34. The van der Waals surface area contributed by atoms with Gasteiger partial charge in [-0.2, -0.15) is 0 Å². The molecule has 1 unspecified atom stereocenters. The first kappa shape index (κ1) is 33.4. The molecule has 1 aliphatic heterocycles. The van der Waals surface area contributed by atoms with Crippen molar-refractivity contribution in [3.63, 3.8) is 0 Å². The number of carbonyl (C=O) groups is 1. The minimum Gasteiger partial charge on any atom is -0.504 e. The lowest BCUT2D eigenvalue weighted by atomic mass is 9.81. The van der Waals surface area contributed by atoms with Gasteiger partial charge in [0, 0.05) is 6.08 Å². The van der Waals surface area contributed by atoms with Crippen LogP contribution in [0.4, 0.5) is 0 Å². The molecule has 2 aromatic carbocycles. The van der Waals surface area contributed by atoms with Crippen LogP contribution in [0.15, 0.2) is 42.5 Å². The molecule has 44 heavy (non-hydrogen) atoms. The molecule has 2 fully saturated rings. The zero-order chi connectivity index (χ0) is 32.1. The number of phenols is 4. The smallest absolute Gasteiger partial charge is 0.331 e. The number of aliphatic hydroxyl groups is 5. The fourth-order valence-corrected chi connectivity index (χ4v) is 5.22. The summed E-state index contributed by atoms with van der Waals surface area (Å²) in [6.07, 6.45) is -9.99. The van der Waals surface area contributed by atoms with Gasteiger partial charge in [0.1, 0.15) is 30.5 Å². The van der Waals surface area contributed by atoms with Gasteiger partial charge in [-0.25, -0.2) is 4.79 Å². The van der Waals surface area contributed by atoms with Gasteiger partial charge in [0.25, 0.3) is 0 Å². The van der Waals surface area contributed by atoms with Crippen LogP contribution in [-0.4, -0.2) is 120 Å². The summed E-state index contributed by atoms with van der Waals surface area (Å²) in [6, 6.07) is 8.08. The average Bonchev–Trinajstić information content (AvgIpc) is 2.99. The van der Waals surface area contributed by atoms with Crippen LogP contribution < -0.4 is 0 Å². The third-order valence-corrected chi connectivity index (χ3v) is 7.77. The standard InChI is InChI=1S/C30H38O14/c1-14-10-21(25(38)26(39)24(14)37)42-29-27(40)30(41-9-8-16-3-6-18(33)20(35)12-16)43-22(13-31)28(29)44-23(36)7-4-15-2-5-17(32)19(34)11-15/h2-7,11-12,14,21-22,24-35,37-40H,8-10,13H2,1H3/b7-4+/t14-,21-,22-,24+,25?,26-,27-,28-,29-,30-/m1/s1. The second-order valence-corrected chi connectivity index (χ2v) is 11.0. The fraction of sp³-hybridized carbons (Fsp3) is 0.500. The predicted molar refractivity (Wildman–Crippen MR) is 150 cm³/mol. The lowest BCUT2D eigenvalue weighted by molar-refractivity contribution is -0.321. The van der Waals surface area contributed by atoms with Crippen molar-refractivity contribution < 1.29 is 69.7 Å². The predicted octanol–water partition coefficient (Wildman–Crippen LogP) is -0.352. The zero-order valence-electron chi connectivity index (χ0n) is 23.8. The third kappa shape index (κ3) is 7.78. The molecule has 2 aliphatic rings. The summed E-state index contributed by atoms with van der Waals surface area (Å²) < 4.78 is 23.0. The van der Waals surface area contributed by atoms with Crippen LogP contribution in [0.1, 0.15) is 24.5 Å². The number of ether oxygens (including phenoxy) is 4. The SMILES string of the molecule is C[C@@H]1C[C@@H](O[C@@H]2[C@@H](O)[C@H](OCCc3ccc(O)c(O)c3)O[C@H](CO)[C@H]2OC(=O)/C=C/c2ccc(O)c(O)c2)C(O)[C@H](O)[C@H]1O. The van der Waals surface area contributed by atoms with E-state index in [9.17, 15) is 50.8 Å². The maximum Gasteiger partial charge on any atom is 0.331 e. The van der Waals surface area contributed by atoms with Crippen LogP contribution in [0, 0.1) is 5.92 Å². The van der Waals surface area contributed by atoms with Gasteiger partial charge < -0.3 is 64.9 Å². The summed E-state index contributed by atoms with van der Waals surface area (Å²) in [6.45, 7) is 0.901. The Bertz CT molecular complexity index is 1300. The molecule has 0 amide bonds. The van der Waals surface area contributed by atoms with Crippen molar-refractivity contribution in [2.45, 2.75) is 74.9 Å². The van der Waals surface area contributed by atoms with E-state index in [-0.39, 0.29) is 36.7 Å². The van der Waals surface area contributed by atoms with E-state index in [4.69, 9.17) is 18.9 Å². The Kier molecular flexibility index (Phi) is 11.0. The fourth-order valence-electron chi connectivity index (χ4n) is 5.22. The number of aliphatic hydroxyl groups excluding tert-OH is 5. The maximum atomic E-state index is 12.8. The molecule has 242 valence electrons. The largest absolute Gasteiger partial charge is 0.504 e. The quantitative estimate of drug-likeness (QED) is 0.0936. The summed E-state index contributed by atoms with van der Waals surface area (Å²) >= 11 is 0. The Labute approximate surface area is 252 Å². The van der Waals surface area contributed by atoms with Crippen LogP contribution >= 0.6 is 0 Å². The lowest BCUT2D eigenvalue weighted by Gasteiger charge is -2.46. The van der Waals surface area contributed by atoms with Crippen molar-refractivity contribution in [2.24, 2.45) is 5.92 Å². The van der Waals surface area contributed by atoms with E-state index in [2.05, 4.69) is 0 Å². The van der Waals surface area contributed by atoms with E-state index in [0.717, 1.165) is 6.08 Å². The molecule has 2 aromatic rings. The van der Waals surface area contributed by atoms with Crippen molar-refractivity contribution >= 4 is 12.0 Å². The Morgan fingerprint density at radius 3 is 2.23 bits per heavy atom. The van der Waals surface area contributed by atoms with Crippen molar-refractivity contribution in [3.05, 3.63) is 53.6 Å². The maximum absolute atomic E-state index is 12.8. The van der Waals surface area contributed by atoms with Gasteiger partial charge in [-0.15, -0.1) is 0 Å². The lowest BCUT2D eigenvalue weighted by Crippen LogP contribution is -2.64. The molecule has 1 saturated heterocycles. The topological polar surface area (TPSA) is 236 Å². The van der Waals surface area contributed by atoms with Gasteiger partial charge in [-0.1, -0.05) is 19.1 Å². The van der Waals surface area contributed by atoms with Gasteiger partial charge in [-0.3, -0.25) is 0 Å². The molecule has 0 radical (unpaired) electrons. The summed E-state index contributed by atoms with van der Waals surface area (Å²) in [5, 5.41) is 91.0. The summed E-state index contributed by atoms with van der Waals surface area (Å²) in [5.41, 5.74) is 0.954. The Hall–Kier alpha value is -3.47. The van der Waals surface area contributed by atoms with Crippen LogP contribution in [0.5, 0.6) is 23.0 Å². The second kappa shape index (κ2) is 14.5. The van der Waals surface area contributed by atoms with Gasteiger partial charge in [0.15, 0.2) is 35.4 Å². The Morgan fingerprint density at radius 2 is 1.57 bits per heavy atom. The number of phenolic OH excluding ortho intramolecular Hbond substituents is 4. The summed E-state index contributed by atoms with van der Waals surface area (Å²) in [7, 11) is 0. The summed E-state index contributed by atoms with van der Waals surface area (Å²) in [4.78, 5) is 12.8.